The third-order valence-electron chi connectivity index (χ3n) is 4.12. The molecule has 3 rings (SSSR count). The van der Waals surface area contributed by atoms with Crippen molar-refractivity contribution in [2.45, 2.75) is 30.9 Å². The molecule has 2 heterocycles. The minimum absolute atomic E-state index is 0.0410. The molecule has 0 bridgehead atoms. The summed E-state index contributed by atoms with van der Waals surface area (Å²) in [6.07, 6.45) is 4.88. The number of imidazole rings is 1. The van der Waals surface area contributed by atoms with Crippen LogP contribution in [0.1, 0.15) is 36.3 Å². The summed E-state index contributed by atoms with van der Waals surface area (Å²) in [5.41, 5.74) is 2.68. The zero-order valence-electron chi connectivity index (χ0n) is 16.4. The van der Waals surface area contributed by atoms with E-state index < -0.39 is 0 Å². The molecule has 0 aliphatic rings. The average molecular weight is 398 g/mol. The average Bonchev–Trinajstić information content (AvgIpc) is 3.12. The highest BCUT2D eigenvalue weighted by Crippen LogP contribution is 2.23. The van der Waals surface area contributed by atoms with Gasteiger partial charge >= 0.3 is 0 Å². The van der Waals surface area contributed by atoms with Crippen molar-refractivity contribution in [2.24, 2.45) is 5.92 Å². The standard InChI is InChI=1S/C22H27N3O2S/c1-17(2)15-27-13-5-11-23-22(26)18-7-9-20(10-8-18)28-16-19-14-25-12-4-3-6-21(25)24-19/h3-4,6-10,12,14,17H,5,11,13,15-16H2,1-2H3,(H,23,26). The van der Waals surface area contributed by atoms with Gasteiger partial charge in [-0.2, -0.15) is 0 Å². The fourth-order valence-electron chi connectivity index (χ4n) is 2.71. The maximum absolute atomic E-state index is 12.2. The highest BCUT2D eigenvalue weighted by molar-refractivity contribution is 7.98. The largest absolute Gasteiger partial charge is 0.381 e. The highest BCUT2D eigenvalue weighted by atomic mass is 32.2. The summed E-state index contributed by atoms with van der Waals surface area (Å²) in [6.45, 7) is 6.32. The number of nitrogens with one attached hydrogen (secondary N) is 1. The molecule has 0 unspecified atom stereocenters. The first-order valence-corrected chi connectivity index (χ1v) is 10.6. The Kier molecular flexibility index (Phi) is 7.51. The number of thioether (sulfide) groups is 1. The van der Waals surface area contributed by atoms with E-state index in [0.717, 1.165) is 35.0 Å². The molecule has 0 atom stereocenters. The normalized spacial score (nSPS) is 11.2. The molecule has 0 spiro atoms. The van der Waals surface area contributed by atoms with E-state index in [1.165, 1.54) is 0 Å². The summed E-state index contributed by atoms with van der Waals surface area (Å²) >= 11 is 1.71. The van der Waals surface area contributed by atoms with E-state index in [9.17, 15) is 4.79 Å². The summed E-state index contributed by atoms with van der Waals surface area (Å²) in [5, 5.41) is 2.94. The molecular weight excluding hydrogens is 370 g/mol. The lowest BCUT2D eigenvalue weighted by atomic mass is 10.2. The van der Waals surface area contributed by atoms with Gasteiger partial charge in [-0.25, -0.2) is 4.98 Å². The van der Waals surface area contributed by atoms with Crippen LogP contribution in [0.4, 0.5) is 0 Å². The number of pyridine rings is 1. The number of carbonyl (C=O) groups excluding carboxylic acids is 1. The lowest BCUT2D eigenvalue weighted by Gasteiger charge is -2.08. The first kappa shape index (κ1) is 20.4. The minimum Gasteiger partial charge on any atom is -0.381 e. The number of ether oxygens (including phenoxy) is 1. The lowest BCUT2D eigenvalue weighted by Crippen LogP contribution is -2.25. The molecule has 0 saturated heterocycles. The van der Waals surface area contributed by atoms with Crippen molar-refractivity contribution >= 4 is 23.3 Å². The molecule has 28 heavy (non-hydrogen) atoms. The Morgan fingerprint density at radius 3 is 2.79 bits per heavy atom. The molecule has 2 aromatic heterocycles. The molecule has 0 radical (unpaired) electrons. The molecule has 1 aromatic carbocycles. The van der Waals surface area contributed by atoms with Crippen molar-refractivity contribution in [2.75, 3.05) is 19.8 Å². The van der Waals surface area contributed by atoms with Gasteiger partial charge in [0.2, 0.25) is 0 Å². The molecule has 0 aliphatic heterocycles. The van der Waals surface area contributed by atoms with Crippen LogP contribution in [0.15, 0.2) is 59.8 Å². The van der Waals surface area contributed by atoms with E-state index in [4.69, 9.17) is 4.74 Å². The van der Waals surface area contributed by atoms with Crippen molar-refractivity contribution in [1.82, 2.24) is 14.7 Å². The number of fused-ring (bicyclic) bond motifs is 1. The fraction of sp³-hybridized carbons (Fsp3) is 0.364. The van der Waals surface area contributed by atoms with Crippen molar-refractivity contribution in [1.29, 1.82) is 0 Å². The van der Waals surface area contributed by atoms with Crippen LogP contribution in [0.2, 0.25) is 0 Å². The Morgan fingerprint density at radius 1 is 1.21 bits per heavy atom. The van der Waals surface area contributed by atoms with Crippen LogP contribution in [-0.4, -0.2) is 35.1 Å². The van der Waals surface area contributed by atoms with Gasteiger partial charge in [-0.15, -0.1) is 11.8 Å². The lowest BCUT2D eigenvalue weighted by molar-refractivity contribution is 0.0925. The van der Waals surface area contributed by atoms with E-state index >= 15 is 0 Å². The highest BCUT2D eigenvalue weighted by Gasteiger charge is 2.06. The van der Waals surface area contributed by atoms with Crippen LogP contribution in [0.3, 0.4) is 0 Å². The third-order valence-corrected chi connectivity index (χ3v) is 5.16. The van der Waals surface area contributed by atoms with Gasteiger partial charge in [0.15, 0.2) is 0 Å². The van der Waals surface area contributed by atoms with E-state index in [0.29, 0.717) is 24.6 Å². The predicted molar refractivity (Wildman–Crippen MR) is 114 cm³/mol. The number of amides is 1. The van der Waals surface area contributed by atoms with Gasteiger partial charge in [-0.3, -0.25) is 4.79 Å². The number of aromatic nitrogens is 2. The van der Waals surface area contributed by atoms with Gasteiger partial charge in [-0.05, 0) is 48.7 Å². The Morgan fingerprint density at radius 2 is 2.04 bits per heavy atom. The second-order valence-electron chi connectivity index (χ2n) is 7.09. The number of nitrogens with zero attached hydrogens (tertiary/aromatic N) is 2. The van der Waals surface area contributed by atoms with Crippen molar-refractivity contribution in [3.63, 3.8) is 0 Å². The number of hydrogen-bond acceptors (Lipinski definition) is 4. The second-order valence-corrected chi connectivity index (χ2v) is 8.14. The van der Waals surface area contributed by atoms with Crippen LogP contribution in [0.5, 0.6) is 0 Å². The maximum atomic E-state index is 12.2. The van der Waals surface area contributed by atoms with Crippen LogP contribution in [0.25, 0.3) is 5.65 Å². The summed E-state index contributed by atoms with van der Waals surface area (Å²) in [6, 6.07) is 13.7. The topological polar surface area (TPSA) is 55.6 Å². The third kappa shape index (κ3) is 6.11. The van der Waals surface area contributed by atoms with Crippen molar-refractivity contribution < 1.29 is 9.53 Å². The molecular formula is C22H27N3O2S. The fourth-order valence-corrected chi connectivity index (χ4v) is 3.50. The van der Waals surface area contributed by atoms with Gasteiger partial charge in [0.1, 0.15) is 5.65 Å². The molecule has 3 aromatic rings. The maximum Gasteiger partial charge on any atom is 0.251 e. The van der Waals surface area contributed by atoms with Crippen LogP contribution >= 0.6 is 11.8 Å². The summed E-state index contributed by atoms with van der Waals surface area (Å²) in [7, 11) is 0. The molecule has 5 nitrogen and oxygen atoms in total. The van der Waals surface area contributed by atoms with Crippen LogP contribution in [-0.2, 0) is 10.5 Å². The first-order chi connectivity index (χ1) is 13.6. The Labute approximate surface area is 170 Å². The zero-order valence-corrected chi connectivity index (χ0v) is 17.2. The zero-order chi connectivity index (χ0) is 19.8. The molecule has 0 fully saturated rings. The first-order valence-electron chi connectivity index (χ1n) is 9.63. The SMILES string of the molecule is CC(C)COCCCNC(=O)c1ccc(SCc2cn3ccccc3n2)cc1. The monoisotopic (exact) mass is 397 g/mol. The smallest absolute Gasteiger partial charge is 0.251 e. The quantitative estimate of drug-likeness (QED) is 0.406. The van der Waals surface area contributed by atoms with Gasteiger partial charge < -0.3 is 14.5 Å². The summed E-state index contributed by atoms with van der Waals surface area (Å²) in [4.78, 5) is 17.9. The molecule has 0 saturated carbocycles. The van der Waals surface area contributed by atoms with Crippen LogP contribution < -0.4 is 5.32 Å². The Bertz CT molecular complexity index is 857. The van der Waals surface area contributed by atoms with Gasteiger partial charge in [0, 0.05) is 48.4 Å². The van der Waals surface area contributed by atoms with Crippen molar-refractivity contribution in [3.8, 4) is 0 Å². The van der Waals surface area contributed by atoms with E-state index in [-0.39, 0.29) is 5.91 Å². The van der Waals surface area contributed by atoms with Crippen molar-refractivity contribution in [3.05, 3.63) is 66.1 Å². The number of hydrogen-bond donors (Lipinski definition) is 1. The Hall–Kier alpha value is -2.31. The van der Waals surface area contributed by atoms with Gasteiger partial charge in [0.05, 0.1) is 5.69 Å². The van der Waals surface area contributed by atoms with E-state index in [1.54, 1.807) is 11.8 Å². The number of benzene rings is 1. The van der Waals surface area contributed by atoms with E-state index in [1.807, 2.05) is 53.1 Å². The van der Waals surface area contributed by atoms with Gasteiger partial charge in [0.25, 0.3) is 5.91 Å². The molecule has 0 aliphatic carbocycles. The molecule has 1 N–H and O–H groups in total. The summed E-state index contributed by atoms with van der Waals surface area (Å²) in [5.74, 6) is 1.29. The number of rotatable bonds is 10. The molecule has 148 valence electrons. The predicted octanol–water partition coefficient (Wildman–Crippen LogP) is 4.42. The van der Waals surface area contributed by atoms with Crippen LogP contribution in [0, 0.1) is 5.92 Å². The second kappa shape index (κ2) is 10.3. The Balaban J connectivity index is 1.42. The van der Waals surface area contributed by atoms with Gasteiger partial charge in [-0.1, -0.05) is 19.9 Å². The minimum atomic E-state index is -0.0410. The summed E-state index contributed by atoms with van der Waals surface area (Å²) < 4.78 is 7.55. The van der Waals surface area contributed by atoms with E-state index in [2.05, 4.69) is 30.3 Å². The number of carbonyl (C=O) groups is 1. The molecule has 1 amide bonds. The molecule has 6 heteroatoms.